The van der Waals surface area contributed by atoms with E-state index in [9.17, 15) is 13.2 Å². The fourth-order valence-electron chi connectivity index (χ4n) is 6.35. The first kappa shape index (κ1) is 32.8. The van der Waals surface area contributed by atoms with Gasteiger partial charge in [-0.2, -0.15) is 23.4 Å². The summed E-state index contributed by atoms with van der Waals surface area (Å²) in [6.07, 6.45) is -4.08. The molecule has 2 aliphatic rings. The maximum atomic E-state index is 10.5. The molecule has 10 heteroatoms. The summed E-state index contributed by atoms with van der Waals surface area (Å²) in [5.74, 6) is -3.01. The van der Waals surface area contributed by atoms with E-state index < -0.39 is 20.2 Å². The molecule has 0 N–H and O–H groups in total. The second-order valence-electron chi connectivity index (χ2n) is 12.6. The summed E-state index contributed by atoms with van der Waals surface area (Å²) in [5, 5.41) is 23.9. The Morgan fingerprint density at radius 1 is 0.891 bits per heavy atom. The minimum absolute atomic E-state index is 0.863. The number of rotatable bonds is 4. The van der Waals surface area contributed by atoms with Crippen molar-refractivity contribution in [1.82, 2.24) is 4.58 Å². The summed E-state index contributed by atoms with van der Waals surface area (Å²) < 4.78 is 34.0. The Labute approximate surface area is 267 Å². The van der Waals surface area contributed by atoms with E-state index in [-0.39, 0.29) is 0 Å². The second kappa shape index (κ2) is 12.3. The number of carboxylic acid groups (broad SMARTS) is 1. The number of hydrogen-bond donors (Lipinski definition) is 0. The number of carbonyl (C=O) groups excluding carboxylic acids is 1. The maximum absolute atomic E-state index is 10.5. The van der Waals surface area contributed by atoms with Gasteiger partial charge in [0, 0.05) is 37.8 Å². The Morgan fingerprint density at radius 2 is 1.48 bits per heavy atom. The molecule has 46 heavy (non-hydrogen) atoms. The Hall–Kier alpha value is -4.57. The average molecular weight is 643 g/mol. The van der Waals surface area contributed by atoms with E-state index in [0.717, 1.165) is 30.0 Å². The van der Waals surface area contributed by atoms with Crippen molar-refractivity contribution in [1.29, 1.82) is 0 Å². The zero-order chi connectivity index (χ0) is 33.6. The van der Waals surface area contributed by atoms with Crippen molar-refractivity contribution in [2.24, 2.45) is 10.2 Å². The van der Waals surface area contributed by atoms with Crippen molar-refractivity contribution in [3.05, 3.63) is 111 Å². The van der Waals surface area contributed by atoms with Gasteiger partial charge in [-0.3, -0.25) is 0 Å². The van der Waals surface area contributed by atoms with Crippen LogP contribution in [0.5, 0.6) is 0 Å². The highest BCUT2D eigenvalue weighted by Crippen LogP contribution is 2.31. The molecule has 4 aromatic rings. The fourth-order valence-corrected chi connectivity index (χ4v) is 9.40. The van der Waals surface area contributed by atoms with Crippen LogP contribution >= 0.6 is 0 Å². The highest BCUT2D eigenvalue weighted by molar-refractivity contribution is 7.01. The molecule has 0 atom stereocenters. The van der Waals surface area contributed by atoms with Crippen LogP contribution in [0.15, 0.2) is 83.0 Å². The molecule has 0 bridgehead atoms. The number of nitrogens with zero attached hydrogens (tertiary/aromatic N) is 4. The lowest BCUT2D eigenvalue weighted by Crippen LogP contribution is -2.63. The summed E-state index contributed by atoms with van der Waals surface area (Å²) in [7, 11) is 4.29. The van der Waals surface area contributed by atoms with Crippen LogP contribution in [0.1, 0.15) is 27.8 Å². The topological polar surface area (TPSA) is 71.1 Å². The normalized spacial score (nSPS) is 14.7. The molecule has 0 unspecified atom stereocenters. The SMILES string of the molecule is Cc1cccc(C)c1C1=c2cc3c(cc2[Si](C)(C)c2cc(N=Nc4ccc(N(C)C)cc4)ccc21)=[N+](C)CC3.O=C([O-])C(F)(F)F. The number of hydrogen-bond acceptors (Lipinski definition) is 5. The highest BCUT2D eigenvalue weighted by Gasteiger charge is 2.37. The summed E-state index contributed by atoms with van der Waals surface area (Å²) >= 11 is 0. The van der Waals surface area contributed by atoms with E-state index in [1.54, 1.807) is 0 Å². The molecule has 2 heterocycles. The molecular formula is C36H37F3N4O2Si. The van der Waals surface area contributed by atoms with Gasteiger partial charge in [0.15, 0.2) is 0 Å². The monoisotopic (exact) mass is 642 g/mol. The number of azo groups is 1. The summed E-state index contributed by atoms with van der Waals surface area (Å²) in [6.45, 7) is 10.6. The van der Waals surface area contributed by atoms with Gasteiger partial charge in [0.25, 0.3) is 0 Å². The quantitative estimate of drug-likeness (QED) is 0.191. The first-order valence-corrected chi connectivity index (χ1v) is 18.0. The number of likely N-dealkylation sites (N-methyl/N-ethyl adjacent to an activating group) is 1. The van der Waals surface area contributed by atoms with Crippen LogP contribution in [0.3, 0.4) is 0 Å². The number of aryl methyl sites for hydroxylation is 2. The predicted molar refractivity (Wildman–Crippen MR) is 178 cm³/mol. The molecule has 0 fully saturated rings. The Balaban J connectivity index is 0.000000537. The molecular weight excluding hydrogens is 606 g/mol. The summed E-state index contributed by atoms with van der Waals surface area (Å²) in [5.41, 5.74) is 11.2. The summed E-state index contributed by atoms with van der Waals surface area (Å²) in [6, 6.07) is 26.7. The van der Waals surface area contributed by atoms with Crippen molar-refractivity contribution >= 4 is 47.1 Å². The molecule has 6 rings (SSSR count). The van der Waals surface area contributed by atoms with E-state index in [4.69, 9.17) is 15.0 Å². The smallest absolute Gasteiger partial charge is 0.430 e. The van der Waals surface area contributed by atoms with Gasteiger partial charge >= 0.3 is 6.18 Å². The van der Waals surface area contributed by atoms with Crippen LogP contribution in [0.2, 0.25) is 13.1 Å². The molecule has 0 aliphatic carbocycles. The van der Waals surface area contributed by atoms with Crippen LogP contribution in [0.4, 0.5) is 30.2 Å². The zero-order valence-electron chi connectivity index (χ0n) is 27.1. The third kappa shape index (κ3) is 6.26. The van der Waals surface area contributed by atoms with Gasteiger partial charge in [0.05, 0.1) is 11.4 Å². The number of halogens is 3. The molecule has 0 saturated heterocycles. The third-order valence-electron chi connectivity index (χ3n) is 8.84. The van der Waals surface area contributed by atoms with Gasteiger partial charge < -0.3 is 14.8 Å². The molecule has 4 aromatic carbocycles. The number of carboxylic acids is 1. The lowest BCUT2D eigenvalue weighted by Gasteiger charge is -2.33. The number of alkyl halides is 3. The van der Waals surface area contributed by atoms with Crippen molar-refractivity contribution in [2.45, 2.75) is 39.5 Å². The molecule has 238 valence electrons. The number of carbonyl (C=O) groups is 1. The molecule has 6 nitrogen and oxygen atoms in total. The van der Waals surface area contributed by atoms with E-state index in [2.05, 4.69) is 109 Å². The van der Waals surface area contributed by atoms with Gasteiger partial charge in [0.2, 0.25) is 5.36 Å². The minimum atomic E-state index is -5.19. The van der Waals surface area contributed by atoms with Gasteiger partial charge in [-0.05, 0) is 99.7 Å². The Morgan fingerprint density at radius 3 is 2.07 bits per heavy atom. The fraction of sp³-hybridized carbons (Fsp3) is 0.278. The molecule has 0 amide bonds. The second-order valence-corrected chi connectivity index (χ2v) is 16.9. The number of benzene rings is 4. The maximum Gasteiger partial charge on any atom is 0.430 e. The van der Waals surface area contributed by atoms with Crippen molar-refractivity contribution in [2.75, 3.05) is 32.6 Å². The average Bonchev–Trinajstić information content (AvgIpc) is 3.36. The van der Waals surface area contributed by atoms with Gasteiger partial charge in [0.1, 0.15) is 27.6 Å². The number of fused-ring (bicyclic) bond motifs is 3. The Bertz CT molecular complexity index is 1980. The first-order valence-electron chi connectivity index (χ1n) is 15.0. The van der Waals surface area contributed by atoms with E-state index >= 15 is 0 Å². The van der Waals surface area contributed by atoms with Crippen LogP contribution < -0.4 is 35.5 Å². The third-order valence-corrected chi connectivity index (χ3v) is 12.4. The van der Waals surface area contributed by atoms with Crippen LogP contribution in [-0.2, 0) is 11.2 Å². The minimum Gasteiger partial charge on any atom is -0.542 e. The van der Waals surface area contributed by atoms with Gasteiger partial charge in [-0.15, -0.1) is 0 Å². The zero-order valence-corrected chi connectivity index (χ0v) is 28.1. The predicted octanol–water partition coefficient (Wildman–Crippen LogP) is 4.14. The highest BCUT2D eigenvalue weighted by atomic mass is 28.3. The first-order chi connectivity index (χ1) is 21.6. The van der Waals surface area contributed by atoms with Crippen molar-refractivity contribution < 1.29 is 23.1 Å². The van der Waals surface area contributed by atoms with Crippen LogP contribution in [0, 0.1) is 13.8 Å². The van der Waals surface area contributed by atoms with E-state index in [1.165, 1.54) is 54.3 Å². The molecule has 0 spiro atoms. The summed E-state index contributed by atoms with van der Waals surface area (Å²) in [4.78, 5) is 10.9. The van der Waals surface area contributed by atoms with Crippen molar-refractivity contribution in [3.8, 4) is 0 Å². The Kier molecular flexibility index (Phi) is 8.79. The molecule has 0 aromatic heterocycles. The standard InChI is InChI=1S/C34H37N4Si.C2HF3O2/c1-22-9-8-10-23(2)33(22)34-28-16-13-26(36-35-25-11-14-27(15-12-25)37(3)4)20-31(28)39(6,7)32-21-30-24(19-29(32)34)17-18-38(30)5;3-2(4,5)1(6)7/h8-16,19-21H,17-18H2,1-7H3;(H,6,7)/q+1;/p-1. The lowest BCUT2D eigenvalue weighted by atomic mass is 9.88. The largest absolute Gasteiger partial charge is 0.542 e. The number of aliphatic carboxylic acids is 1. The van der Waals surface area contributed by atoms with Crippen molar-refractivity contribution in [3.63, 3.8) is 0 Å². The molecule has 0 saturated carbocycles. The van der Waals surface area contributed by atoms with Crippen LogP contribution in [-0.4, -0.2) is 47.9 Å². The van der Waals surface area contributed by atoms with Gasteiger partial charge in [-0.25, -0.2) is 4.58 Å². The molecule has 0 radical (unpaired) electrons. The van der Waals surface area contributed by atoms with Crippen LogP contribution in [0.25, 0.3) is 5.57 Å². The van der Waals surface area contributed by atoms with E-state index in [1.807, 2.05) is 26.2 Å². The lowest BCUT2D eigenvalue weighted by molar-refractivity contribution is -0.344. The van der Waals surface area contributed by atoms with E-state index in [0.29, 0.717) is 0 Å². The number of anilines is 1. The van der Waals surface area contributed by atoms with Gasteiger partial charge in [-0.1, -0.05) is 37.4 Å². The molecule has 2 aliphatic heterocycles.